The first-order valence-electron chi connectivity index (χ1n) is 7.52. The van der Waals surface area contributed by atoms with Gasteiger partial charge in [0.1, 0.15) is 0 Å². The molecule has 1 aliphatic carbocycles. The summed E-state index contributed by atoms with van der Waals surface area (Å²) in [5, 5.41) is 7.54. The summed E-state index contributed by atoms with van der Waals surface area (Å²) >= 11 is 0. The highest BCUT2D eigenvalue weighted by Crippen LogP contribution is 2.41. The van der Waals surface area contributed by atoms with Crippen LogP contribution in [-0.2, 0) is 6.42 Å². The minimum absolute atomic E-state index is 0.490. The van der Waals surface area contributed by atoms with Crippen molar-refractivity contribution in [1.82, 2.24) is 15.5 Å². The summed E-state index contributed by atoms with van der Waals surface area (Å²) in [6, 6.07) is 0.503. The molecule has 0 radical (unpaired) electrons. The van der Waals surface area contributed by atoms with Gasteiger partial charge in [0.15, 0.2) is 5.82 Å². The molecule has 1 heterocycles. The summed E-state index contributed by atoms with van der Waals surface area (Å²) in [7, 11) is 0. The second kappa shape index (κ2) is 6.04. The van der Waals surface area contributed by atoms with Crippen molar-refractivity contribution in [2.24, 2.45) is 5.41 Å². The largest absolute Gasteiger partial charge is 0.339 e. The maximum absolute atomic E-state index is 5.35. The zero-order chi connectivity index (χ0) is 13.9. The predicted molar refractivity (Wildman–Crippen MR) is 76.1 cm³/mol. The Balaban J connectivity index is 1.84. The molecular weight excluding hydrogens is 238 g/mol. The van der Waals surface area contributed by atoms with Crippen LogP contribution in [0.15, 0.2) is 4.52 Å². The summed E-state index contributed by atoms with van der Waals surface area (Å²) < 4.78 is 5.35. The van der Waals surface area contributed by atoms with Gasteiger partial charge in [-0.3, -0.25) is 0 Å². The van der Waals surface area contributed by atoms with Gasteiger partial charge in [-0.15, -0.1) is 0 Å². The number of hydrogen-bond donors (Lipinski definition) is 1. The lowest BCUT2D eigenvalue weighted by molar-refractivity contribution is 0.218. The molecule has 0 unspecified atom stereocenters. The van der Waals surface area contributed by atoms with Crippen molar-refractivity contribution in [1.29, 1.82) is 0 Å². The first-order chi connectivity index (χ1) is 8.96. The van der Waals surface area contributed by atoms with Gasteiger partial charge >= 0.3 is 0 Å². The normalized spacial score (nSPS) is 20.1. The molecule has 0 aliphatic heterocycles. The fraction of sp³-hybridized carbons (Fsp3) is 0.867. The van der Waals surface area contributed by atoms with Crippen molar-refractivity contribution in [3.05, 3.63) is 11.7 Å². The molecule has 0 aromatic carbocycles. The van der Waals surface area contributed by atoms with E-state index < -0.39 is 0 Å². The second-order valence-electron chi connectivity index (χ2n) is 6.84. The first kappa shape index (κ1) is 14.5. The lowest BCUT2D eigenvalue weighted by Gasteiger charge is -2.32. The molecule has 0 bridgehead atoms. The van der Waals surface area contributed by atoms with Crippen LogP contribution in [0.3, 0.4) is 0 Å². The van der Waals surface area contributed by atoms with Crippen molar-refractivity contribution in [3.63, 3.8) is 0 Å². The van der Waals surface area contributed by atoms with Crippen molar-refractivity contribution >= 4 is 0 Å². The van der Waals surface area contributed by atoms with Crippen LogP contribution in [0.1, 0.15) is 71.0 Å². The number of nitrogens with one attached hydrogen (secondary N) is 1. The van der Waals surface area contributed by atoms with E-state index in [1.807, 2.05) is 0 Å². The van der Waals surface area contributed by atoms with Crippen molar-refractivity contribution in [3.8, 4) is 0 Å². The van der Waals surface area contributed by atoms with Crippen molar-refractivity contribution in [2.45, 2.75) is 71.8 Å². The lowest BCUT2D eigenvalue weighted by Crippen LogP contribution is -2.25. The molecule has 2 rings (SSSR count). The predicted octanol–water partition coefficient (Wildman–Crippen LogP) is 3.29. The summed E-state index contributed by atoms with van der Waals surface area (Å²) in [5.74, 6) is 2.20. The fourth-order valence-electron chi connectivity index (χ4n) is 2.66. The second-order valence-corrected chi connectivity index (χ2v) is 6.84. The Labute approximate surface area is 116 Å². The third-order valence-corrected chi connectivity index (χ3v) is 4.08. The molecule has 0 saturated heterocycles. The van der Waals surface area contributed by atoms with E-state index in [1.165, 1.54) is 25.7 Å². The molecule has 0 atom stereocenters. The van der Waals surface area contributed by atoms with Crippen molar-refractivity contribution < 1.29 is 4.52 Å². The summed E-state index contributed by atoms with van der Waals surface area (Å²) in [6.07, 6.45) is 5.72. The van der Waals surface area contributed by atoms with E-state index in [2.05, 4.69) is 43.2 Å². The van der Waals surface area contributed by atoms with Gasteiger partial charge in [-0.2, -0.15) is 4.98 Å². The van der Waals surface area contributed by atoms with E-state index >= 15 is 0 Å². The molecule has 108 valence electrons. The molecule has 1 aromatic rings. The monoisotopic (exact) mass is 265 g/mol. The van der Waals surface area contributed by atoms with Gasteiger partial charge in [0, 0.05) is 24.9 Å². The minimum Gasteiger partial charge on any atom is -0.339 e. The molecule has 0 amide bonds. The average Bonchev–Trinajstić information content (AvgIpc) is 2.77. The Morgan fingerprint density at radius 1 is 1.32 bits per heavy atom. The summed E-state index contributed by atoms with van der Waals surface area (Å²) in [4.78, 5) is 4.56. The molecular formula is C15H27N3O. The fourth-order valence-corrected chi connectivity index (χ4v) is 2.66. The summed E-state index contributed by atoms with van der Waals surface area (Å²) in [5.41, 5.74) is 0.490. The highest BCUT2D eigenvalue weighted by atomic mass is 16.5. The van der Waals surface area contributed by atoms with Gasteiger partial charge in [-0.25, -0.2) is 0 Å². The smallest absolute Gasteiger partial charge is 0.227 e. The van der Waals surface area contributed by atoms with E-state index in [0.717, 1.165) is 24.7 Å². The average molecular weight is 265 g/mol. The molecule has 19 heavy (non-hydrogen) atoms. The maximum Gasteiger partial charge on any atom is 0.227 e. The third kappa shape index (κ3) is 4.30. The van der Waals surface area contributed by atoms with Crippen molar-refractivity contribution in [2.75, 3.05) is 6.54 Å². The molecule has 4 nitrogen and oxygen atoms in total. The van der Waals surface area contributed by atoms with Crippen LogP contribution in [0.25, 0.3) is 0 Å². The Morgan fingerprint density at radius 2 is 2.00 bits per heavy atom. The molecule has 1 N–H and O–H groups in total. The van der Waals surface area contributed by atoms with Crippen LogP contribution in [-0.4, -0.2) is 22.7 Å². The number of rotatable bonds is 5. The maximum atomic E-state index is 5.35. The van der Waals surface area contributed by atoms with E-state index in [0.29, 0.717) is 17.4 Å². The van der Waals surface area contributed by atoms with Crippen LogP contribution in [0.5, 0.6) is 0 Å². The van der Waals surface area contributed by atoms with Gasteiger partial charge in [0.05, 0.1) is 0 Å². The van der Waals surface area contributed by atoms with Crippen LogP contribution in [0.4, 0.5) is 0 Å². The standard InChI is InChI=1S/C15H27N3O/c1-11(2)16-10-7-13-17-14(18-19-13)12-5-8-15(3,4)9-6-12/h11-12,16H,5-10H2,1-4H3. The van der Waals surface area contributed by atoms with Gasteiger partial charge in [-0.05, 0) is 31.1 Å². The number of hydrogen-bond acceptors (Lipinski definition) is 4. The molecule has 1 aromatic heterocycles. The minimum atomic E-state index is 0.490. The van der Waals surface area contributed by atoms with E-state index in [9.17, 15) is 0 Å². The Kier molecular flexibility index (Phi) is 4.61. The quantitative estimate of drug-likeness (QED) is 0.887. The Hall–Kier alpha value is -0.900. The highest BCUT2D eigenvalue weighted by Gasteiger charge is 2.30. The van der Waals surface area contributed by atoms with Crippen LogP contribution in [0.2, 0.25) is 0 Å². The first-order valence-corrected chi connectivity index (χ1v) is 7.52. The van der Waals surface area contributed by atoms with Gasteiger partial charge in [0.2, 0.25) is 5.89 Å². The van der Waals surface area contributed by atoms with Gasteiger partial charge < -0.3 is 9.84 Å². The van der Waals surface area contributed by atoms with Crippen LogP contribution < -0.4 is 5.32 Å². The van der Waals surface area contributed by atoms with E-state index in [-0.39, 0.29) is 0 Å². The topological polar surface area (TPSA) is 51.0 Å². The van der Waals surface area contributed by atoms with Gasteiger partial charge in [-0.1, -0.05) is 32.9 Å². The Morgan fingerprint density at radius 3 is 2.63 bits per heavy atom. The SMILES string of the molecule is CC(C)NCCc1nc(C2CCC(C)(C)CC2)no1. The number of aromatic nitrogens is 2. The lowest BCUT2D eigenvalue weighted by atomic mass is 9.73. The van der Waals surface area contributed by atoms with Gasteiger partial charge in [0.25, 0.3) is 0 Å². The zero-order valence-corrected chi connectivity index (χ0v) is 12.7. The van der Waals surface area contributed by atoms with Crippen LogP contribution >= 0.6 is 0 Å². The molecule has 1 aliphatic rings. The molecule has 1 fully saturated rings. The van der Waals surface area contributed by atoms with E-state index in [4.69, 9.17) is 4.52 Å². The summed E-state index contributed by atoms with van der Waals surface area (Å²) in [6.45, 7) is 9.88. The highest BCUT2D eigenvalue weighted by molar-refractivity contribution is 4.99. The van der Waals surface area contributed by atoms with E-state index in [1.54, 1.807) is 0 Å². The Bertz CT molecular complexity index is 388. The molecule has 1 saturated carbocycles. The number of nitrogens with zero attached hydrogens (tertiary/aromatic N) is 2. The van der Waals surface area contributed by atoms with Crippen LogP contribution in [0, 0.1) is 5.41 Å². The zero-order valence-electron chi connectivity index (χ0n) is 12.7. The molecule has 4 heteroatoms. The third-order valence-electron chi connectivity index (χ3n) is 4.08. The molecule has 0 spiro atoms.